The largest absolute Gasteiger partial charge is 0.457 e. The summed E-state index contributed by atoms with van der Waals surface area (Å²) in [5.41, 5.74) is 0.902. The number of ether oxygens (including phenoxy) is 2. The fraction of sp³-hybridized carbons (Fsp3) is 0.158. The predicted molar refractivity (Wildman–Crippen MR) is 89.7 cm³/mol. The molecule has 0 fully saturated rings. The first-order chi connectivity index (χ1) is 11.7. The number of nitrogens with zero attached hydrogens (tertiary/aromatic N) is 2. The molecule has 0 bridgehead atoms. The number of benzene rings is 2. The van der Waals surface area contributed by atoms with Gasteiger partial charge in [0, 0.05) is 19.3 Å². The van der Waals surface area contributed by atoms with Crippen LogP contribution in [-0.2, 0) is 16.1 Å². The summed E-state index contributed by atoms with van der Waals surface area (Å²) < 4.78 is 13.1. The summed E-state index contributed by atoms with van der Waals surface area (Å²) in [5, 5.41) is 0. The molecule has 0 aliphatic carbocycles. The van der Waals surface area contributed by atoms with Gasteiger partial charge >= 0.3 is 5.97 Å². The van der Waals surface area contributed by atoms with Crippen molar-refractivity contribution >= 4 is 5.97 Å². The molecule has 0 saturated carbocycles. The lowest BCUT2D eigenvalue weighted by Gasteiger charge is -2.18. The lowest BCUT2D eigenvalue weighted by atomic mass is 10.1. The second-order valence-corrected chi connectivity index (χ2v) is 5.34. The topological polar surface area (TPSA) is 53.4 Å². The van der Waals surface area contributed by atoms with Gasteiger partial charge in [0.25, 0.3) is 0 Å². The fourth-order valence-corrected chi connectivity index (χ4v) is 2.37. The first-order valence-electron chi connectivity index (χ1n) is 7.66. The minimum Gasteiger partial charge on any atom is -0.457 e. The highest BCUT2D eigenvalue weighted by Crippen LogP contribution is 2.25. The monoisotopic (exact) mass is 322 g/mol. The van der Waals surface area contributed by atoms with E-state index in [1.54, 1.807) is 12.5 Å². The van der Waals surface area contributed by atoms with Gasteiger partial charge in [0.05, 0.1) is 12.9 Å². The maximum atomic E-state index is 11.4. The van der Waals surface area contributed by atoms with Gasteiger partial charge in [-0.1, -0.05) is 30.3 Å². The van der Waals surface area contributed by atoms with E-state index in [0.717, 1.165) is 17.1 Å². The van der Waals surface area contributed by atoms with Gasteiger partial charge < -0.3 is 14.0 Å². The fourth-order valence-electron chi connectivity index (χ4n) is 2.37. The number of hydrogen-bond donors (Lipinski definition) is 0. The molecule has 1 atom stereocenters. The molecular weight excluding hydrogens is 304 g/mol. The van der Waals surface area contributed by atoms with Crippen LogP contribution in [0.1, 0.15) is 18.6 Å². The van der Waals surface area contributed by atoms with Crippen LogP contribution in [0.2, 0.25) is 0 Å². The summed E-state index contributed by atoms with van der Waals surface area (Å²) in [6, 6.07) is 17.1. The zero-order valence-corrected chi connectivity index (χ0v) is 13.3. The number of imidazole rings is 1. The molecule has 1 heterocycles. The average Bonchev–Trinajstić information content (AvgIpc) is 3.09. The lowest BCUT2D eigenvalue weighted by molar-refractivity contribution is -0.147. The van der Waals surface area contributed by atoms with Crippen LogP contribution in [0.4, 0.5) is 0 Å². The van der Waals surface area contributed by atoms with Crippen molar-refractivity contribution in [2.45, 2.75) is 19.6 Å². The second kappa shape index (κ2) is 7.46. The molecule has 1 unspecified atom stereocenters. The average molecular weight is 322 g/mol. The highest BCUT2D eigenvalue weighted by molar-refractivity contribution is 5.66. The van der Waals surface area contributed by atoms with Crippen LogP contribution in [0.25, 0.3) is 0 Å². The quantitative estimate of drug-likeness (QED) is 0.644. The van der Waals surface area contributed by atoms with Crippen molar-refractivity contribution in [3.8, 4) is 11.5 Å². The van der Waals surface area contributed by atoms with Crippen molar-refractivity contribution < 1.29 is 14.3 Å². The smallest absolute Gasteiger partial charge is 0.303 e. The summed E-state index contributed by atoms with van der Waals surface area (Å²) in [7, 11) is 0. The van der Waals surface area contributed by atoms with Crippen LogP contribution in [0, 0.1) is 0 Å². The molecule has 24 heavy (non-hydrogen) atoms. The molecule has 0 aliphatic rings. The van der Waals surface area contributed by atoms with Gasteiger partial charge in [0.1, 0.15) is 17.6 Å². The molecule has 3 rings (SSSR count). The number of rotatable bonds is 6. The summed E-state index contributed by atoms with van der Waals surface area (Å²) in [4.78, 5) is 15.4. The molecular formula is C19H18N2O3. The van der Waals surface area contributed by atoms with Crippen molar-refractivity contribution in [2.24, 2.45) is 0 Å². The first-order valence-corrected chi connectivity index (χ1v) is 7.66. The van der Waals surface area contributed by atoms with E-state index in [0.29, 0.717) is 6.54 Å². The number of carbonyl (C=O) groups is 1. The van der Waals surface area contributed by atoms with Crippen LogP contribution in [0.5, 0.6) is 11.5 Å². The number of aromatic nitrogens is 2. The molecule has 0 saturated heterocycles. The van der Waals surface area contributed by atoms with Gasteiger partial charge in [-0.3, -0.25) is 4.79 Å². The number of esters is 1. The molecule has 122 valence electrons. The van der Waals surface area contributed by atoms with Gasteiger partial charge in [-0.25, -0.2) is 4.98 Å². The van der Waals surface area contributed by atoms with E-state index in [9.17, 15) is 4.79 Å². The Balaban J connectivity index is 1.74. The van der Waals surface area contributed by atoms with Gasteiger partial charge in [-0.05, 0) is 29.8 Å². The van der Waals surface area contributed by atoms with Gasteiger partial charge in [0.15, 0.2) is 0 Å². The number of para-hydroxylation sites is 1. The molecule has 0 aliphatic heterocycles. The Morgan fingerprint density at radius 1 is 1.08 bits per heavy atom. The molecule has 0 N–H and O–H groups in total. The summed E-state index contributed by atoms with van der Waals surface area (Å²) >= 11 is 0. The molecule has 2 aromatic carbocycles. The van der Waals surface area contributed by atoms with Gasteiger partial charge in [0.2, 0.25) is 0 Å². The summed E-state index contributed by atoms with van der Waals surface area (Å²) in [6.45, 7) is 1.92. The maximum Gasteiger partial charge on any atom is 0.303 e. The van der Waals surface area contributed by atoms with Crippen molar-refractivity contribution in [3.05, 3.63) is 78.9 Å². The van der Waals surface area contributed by atoms with E-state index in [1.807, 2.05) is 65.4 Å². The highest BCUT2D eigenvalue weighted by Gasteiger charge is 2.15. The van der Waals surface area contributed by atoms with E-state index >= 15 is 0 Å². The van der Waals surface area contributed by atoms with Crippen molar-refractivity contribution in [3.63, 3.8) is 0 Å². The standard InChI is InChI=1S/C19H18N2O3/c1-15(22)23-19(13-21-12-11-20-14-21)16-7-9-18(10-8-16)24-17-5-3-2-4-6-17/h2-12,14,19H,13H2,1H3. The number of hydrogen-bond acceptors (Lipinski definition) is 4. The molecule has 5 heteroatoms. The van der Waals surface area contributed by atoms with E-state index < -0.39 is 0 Å². The number of carbonyl (C=O) groups excluding carboxylic acids is 1. The Morgan fingerprint density at radius 3 is 2.42 bits per heavy atom. The second-order valence-electron chi connectivity index (χ2n) is 5.34. The van der Waals surface area contributed by atoms with Crippen molar-refractivity contribution in [1.29, 1.82) is 0 Å². The van der Waals surface area contributed by atoms with Crippen molar-refractivity contribution in [2.75, 3.05) is 0 Å². The third-order valence-corrected chi connectivity index (χ3v) is 3.47. The van der Waals surface area contributed by atoms with E-state index in [1.165, 1.54) is 6.92 Å². The zero-order valence-electron chi connectivity index (χ0n) is 13.3. The van der Waals surface area contributed by atoms with Crippen LogP contribution in [0.15, 0.2) is 73.3 Å². The molecule has 0 radical (unpaired) electrons. The van der Waals surface area contributed by atoms with Crippen LogP contribution in [0.3, 0.4) is 0 Å². The summed E-state index contributed by atoms with van der Waals surface area (Å²) in [5.74, 6) is 1.19. The van der Waals surface area contributed by atoms with E-state index in [2.05, 4.69) is 4.98 Å². The first kappa shape index (κ1) is 15.8. The SMILES string of the molecule is CC(=O)OC(Cn1ccnc1)c1ccc(Oc2ccccc2)cc1. The van der Waals surface area contributed by atoms with E-state index in [4.69, 9.17) is 9.47 Å². The maximum absolute atomic E-state index is 11.4. The Labute approximate surface area is 140 Å². The third kappa shape index (κ3) is 4.23. The van der Waals surface area contributed by atoms with Gasteiger partial charge in [-0.15, -0.1) is 0 Å². The Kier molecular flexibility index (Phi) is 4.91. The molecule has 1 aromatic heterocycles. The third-order valence-electron chi connectivity index (χ3n) is 3.47. The highest BCUT2D eigenvalue weighted by atomic mass is 16.5. The summed E-state index contributed by atoms with van der Waals surface area (Å²) in [6.07, 6.45) is 4.86. The predicted octanol–water partition coefficient (Wildman–Crippen LogP) is 3.98. The zero-order chi connectivity index (χ0) is 16.8. The van der Waals surface area contributed by atoms with Gasteiger partial charge in [-0.2, -0.15) is 0 Å². The molecule has 3 aromatic rings. The Hall–Kier alpha value is -3.08. The Bertz CT molecular complexity index is 768. The Morgan fingerprint density at radius 2 is 1.79 bits per heavy atom. The molecule has 5 nitrogen and oxygen atoms in total. The lowest BCUT2D eigenvalue weighted by Crippen LogP contribution is -2.14. The van der Waals surface area contributed by atoms with Crippen LogP contribution < -0.4 is 4.74 Å². The van der Waals surface area contributed by atoms with Crippen LogP contribution >= 0.6 is 0 Å². The van der Waals surface area contributed by atoms with Crippen LogP contribution in [-0.4, -0.2) is 15.5 Å². The minimum atomic E-state index is -0.373. The van der Waals surface area contributed by atoms with Crippen molar-refractivity contribution in [1.82, 2.24) is 9.55 Å². The normalized spacial score (nSPS) is 11.7. The molecule has 0 spiro atoms. The minimum absolute atomic E-state index is 0.315. The van der Waals surface area contributed by atoms with E-state index in [-0.39, 0.29) is 12.1 Å². The molecule has 0 amide bonds.